The van der Waals surface area contributed by atoms with Crippen molar-refractivity contribution < 1.29 is 19.1 Å². The Morgan fingerprint density at radius 2 is 1.80 bits per heavy atom. The van der Waals surface area contributed by atoms with Gasteiger partial charge in [0.05, 0.1) is 30.1 Å². The Kier molecular flexibility index (Phi) is 7.52. The monoisotopic (exact) mass is 543 g/mol. The van der Waals surface area contributed by atoms with Crippen LogP contribution in [-0.2, 0) is 20.8 Å². The molecule has 0 unspecified atom stereocenters. The van der Waals surface area contributed by atoms with E-state index < -0.39 is 11.7 Å². The number of hydrogen-bond acceptors (Lipinski definition) is 5. The summed E-state index contributed by atoms with van der Waals surface area (Å²) in [6.07, 6.45) is 4.83. The number of anilines is 3. The standard InChI is InChI=1S/C27H34BrN3O4/c1-17(2)34-21-11-8-18(9-12-21)25(32)30-16-19-7-6-14-29-24(19)31(26(33)35-27(3,4)5)22-13-10-20(28)15-23(22)30/h6-7,10,13-15,17-18,21H,8-9,11-12,16H2,1-5H3. The molecule has 8 heteroatoms. The van der Waals surface area contributed by atoms with Crippen LogP contribution < -0.4 is 9.80 Å². The lowest BCUT2D eigenvalue weighted by Gasteiger charge is -2.33. The van der Waals surface area contributed by atoms with Gasteiger partial charge in [0.15, 0.2) is 0 Å². The van der Waals surface area contributed by atoms with E-state index in [1.54, 1.807) is 11.1 Å². The highest BCUT2D eigenvalue weighted by molar-refractivity contribution is 9.10. The maximum absolute atomic E-state index is 13.9. The fourth-order valence-electron chi connectivity index (χ4n) is 4.77. The summed E-state index contributed by atoms with van der Waals surface area (Å²) in [5.74, 6) is 0.449. The Balaban J connectivity index is 1.72. The number of amides is 2. The molecule has 7 nitrogen and oxygen atoms in total. The highest BCUT2D eigenvalue weighted by atomic mass is 79.9. The second kappa shape index (κ2) is 10.3. The Labute approximate surface area is 215 Å². The van der Waals surface area contributed by atoms with Crippen molar-refractivity contribution in [1.29, 1.82) is 0 Å². The minimum atomic E-state index is -0.680. The van der Waals surface area contributed by atoms with Crippen LogP contribution >= 0.6 is 15.9 Å². The van der Waals surface area contributed by atoms with Gasteiger partial charge in [-0.05, 0) is 84.6 Å². The largest absolute Gasteiger partial charge is 0.443 e. The summed E-state index contributed by atoms with van der Waals surface area (Å²) in [4.78, 5) is 35.2. The Hall–Kier alpha value is -2.45. The fourth-order valence-corrected chi connectivity index (χ4v) is 5.12. The van der Waals surface area contributed by atoms with E-state index in [1.165, 1.54) is 4.90 Å². The van der Waals surface area contributed by atoms with Crippen LogP contribution in [0.25, 0.3) is 0 Å². The maximum Gasteiger partial charge on any atom is 0.420 e. The van der Waals surface area contributed by atoms with Gasteiger partial charge in [-0.25, -0.2) is 14.7 Å². The number of ether oxygens (including phenoxy) is 2. The molecule has 0 saturated heterocycles. The van der Waals surface area contributed by atoms with E-state index in [-0.39, 0.29) is 24.0 Å². The van der Waals surface area contributed by atoms with Gasteiger partial charge < -0.3 is 14.4 Å². The van der Waals surface area contributed by atoms with Crippen molar-refractivity contribution in [2.45, 2.75) is 84.7 Å². The van der Waals surface area contributed by atoms with E-state index in [0.29, 0.717) is 23.7 Å². The zero-order valence-corrected chi connectivity index (χ0v) is 22.7. The molecular weight excluding hydrogens is 510 g/mol. The van der Waals surface area contributed by atoms with Crippen LogP contribution in [-0.4, -0.2) is 34.8 Å². The van der Waals surface area contributed by atoms with Crippen LogP contribution in [0.5, 0.6) is 0 Å². The first-order valence-corrected chi connectivity index (χ1v) is 13.1. The van der Waals surface area contributed by atoms with E-state index in [1.807, 2.05) is 65.0 Å². The normalized spacial score (nSPS) is 20.2. The van der Waals surface area contributed by atoms with Crippen molar-refractivity contribution in [3.63, 3.8) is 0 Å². The quantitative estimate of drug-likeness (QED) is 0.428. The van der Waals surface area contributed by atoms with Gasteiger partial charge in [0.2, 0.25) is 5.91 Å². The van der Waals surface area contributed by atoms with Gasteiger partial charge in [-0.3, -0.25) is 4.79 Å². The highest BCUT2D eigenvalue weighted by Crippen LogP contribution is 2.43. The van der Waals surface area contributed by atoms with Gasteiger partial charge in [-0.15, -0.1) is 0 Å². The minimum Gasteiger partial charge on any atom is -0.443 e. The smallest absolute Gasteiger partial charge is 0.420 e. The lowest BCUT2D eigenvalue weighted by molar-refractivity contribution is -0.124. The van der Waals surface area contributed by atoms with Crippen LogP contribution in [0, 0.1) is 5.92 Å². The van der Waals surface area contributed by atoms with Crippen molar-refractivity contribution >= 4 is 45.1 Å². The summed E-state index contributed by atoms with van der Waals surface area (Å²) < 4.78 is 12.6. The molecule has 4 rings (SSSR count). The summed E-state index contributed by atoms with van der Waals surface area (Å²) in [7, 11) is 0. The summed E-state index contributed by atoms with van der Waals surface area (Å²) in [6, 6.07) is 9.33. The summed E-state index contributed by atoms with van der Waals surface area (Å²) >= 11 is 3.56. The van der Waals surface area contributed by atoms with E-state index in [0.717, 1.165) is 35.7 Å². The predicted molar refractivity (Wildman–Crippen MR) is 140 cm³/mol. The van der Waals surface area contributed by atoms with Crippen molar-refractivity contribution in [3.05, 3.63) is 46.6 Å². The second-order valence-corrected chi connectivity index (χ2v) is 11.4. The van der Waals surface area contributed by atoms with Crippen LogP contribution in [0.2, 0.25) is 0 Å². The summed E-state index contributed by atoms with van der Waals surface area (Å²) in [5, 5.41) is 0. The summed E-state index contributed by atoms with van der Waals surface area (Å²) in [6.45, 7) is 9.92. The number of aromatic nitrogens is 1. The van der Waals surface area contributed by atoms with Gasteiger partial charge in [0, 0.05) is 22.2 Å². The fraction of sp³-hybridized carbons (Fsp3) is 0.519. The van der Waals surface area contributed by atoms with Gasteiger partial charge in [-0.2, -0.15) is 0 Å². The molecule has 1 aliphatic heterocycles. The molecule has 0 atom stereocenters. The van der Waals surface area contributed by atoms with Crippen molar-refractivity contribution in [1.82, 2.24) is 4.98 Å². The van der Waals surface area contributed by atoms with Crippen molar-refractivity contribution in [2.24, 2.45) is 5.92 Å². The predicted octanol–water partition coefficient (Wildman–Crippen LogP) is 6.75. The van der Waals surface area contributed by atoms with E-state index in [4.69, 9.17) is 9.47 Å². The van der Waals surface area contributed by atoms with E-state index in [9.17, 15) is 9.59 Å². The molecule has 188 valence electrons. The molecule has 0 radical (unpaired) electrons. The molecule has 2 aromatic rings. The van der Waals surface area contributed by atoms with Gasteiger partial charge in [0.1, 0.15) is 11.4 Å². The molecular formula is C27H34BrN3O4. The molecule has 2 aliphatic rings. The molecule has 0 N–H and O–H groups in total. The molecule has 1 fully saturated rings. The lowest BCUT2D eigenvalue weighted by Crippen LogP contribution is -2.38. The number of fused-ring (bicyclic) bond motifs is 2. The Morgan fingerprint density at radius 3 is 2.46 bits per heavy atom. The Morgan fingerprint density at radius 1 is 1.09 bits per heavy atom. The number of nitrogens with zero attached hydrogens (tertiary/aromatic N) is 3. The zero-order chi connectivity index (χ0) is 25.3. The summed E-state index contributed by atoms with van der Waals surface area (Å²) in [5.41, 5.74) is 1.34. The number of pyridine rings is 1. The zero-order valence-electron chi connectivity index (χ0n) is 21.1. The van der Waals surface area contributed by atoms with Gasteiger partial charge >= 0.3 is 6.09 Å². The SMILES string of the molecule is CC(C)OC1CCC(C(=O)N2Cc3cccnc3N(C(=O)OC(C)(C)C)c3ccc(Br)cc32)CC1. The Bertz CT molecular complexity index is 1090. The lowest BCUT2D eigenvalue weighted by atomic mass is 9.86. The van der Waals surface area contributed by atoms with Crippen LogP contribution in [0.15, 0.2) is 41.0 Å². The third-order valence-electron chi connectivity index (χ3n) is 6.21. The molecule has 0 spiro atoms. The number of rotatable bonds is 3. The van der Waals surface area contributed by atoms with Crippen LogP contribution in [0.3, 0.4) is 0 Å². The molecule has 1 aliphatic carbocycles. The molecule has 35 heavy (non-hydrogen) atoms. The average Bonchev–Trinajstić information content (AvgIpc) is 2.92. The number of hydrogen-bond donors (Lipinski definition) is 0. The molecule has 2 heterocycles. The number of carbonyl (C=O) groups is 2. The van der Waals surface area contributed by atoms with Gasteiger partial charge in [-0.1, -0.05) is 22.0 Å². The third kappa shape index (κ3) is 5.86. The minimum absolute atomic E-state index is 0.0631. The first-order valence-electron chi connectivity index (χ1n) is 12.3. The molecule has 0 bridgehead atoms. The van der Waals surface area contributed by atoms with Gasteiger partial charge in [0.25, 0.3) is 0 Å². The van der Waals surface area contributed by atoms with Crippen molar-refractivity contribution in [3.8, 4) is 0 Å². The molecule has 1 saturated carbocycles. The van der Waals surface area contributed by atoms with E-state index in [2.05, 4.69) is 20.9 Å². The van der Waals surface area contributed by atoms with Crippen LogP contribution in [0.4, 0.5) is 22.0 Å². The molecule has 2 amide bonds. The topological polar surface area (TPSA) is 72.0 Å². The van der Waals surface area contributed by atoms with E-state index >= 15 is 0 Å². The average molecular weight is 544 g/mol. The first kappa shape index (κ1) is 25.6. The number of halogens is 1. The van der Waals surface area contributed by atoms with Crippen molar-refractivity contribution in [2.75, 3.05) is 9.80 Å². The highest BCUT2D eigenvalue weighted by Gasteiger charge is 2.37. The maximum atomic E-state index is 13.9. The third-order valence-corrected chi connectivity index (χ3v) is 6.70. The number of benzene rings is 1. The first-order chi connectivity index (χ1) is 16.5. The molecule has 1 aromatic heterocycles. The molecule has 1 aromatic carbocycles. The second-order valence-electron chi connectivity index (χ2n) is 10.5. The number of carbonyl (C=O) groups excluding carboxylic acids is 2. The van der Waals surface area contributed by atoms with Crippen LogP contribution in [0.1, 0.15) is 65.9 Å².